The summed E-state index contributed by atoms with van der Waals surface area (Å²) < 4.78 is 12.4. The van der Waals surface area contributed by atoms with Gasteiger partial charge in [-0.25, -0.2) is 4.98 Å². The van der Waals surface area contributed by atoms with Gasteiger partial charge in [-0.15, -0.1) is 0 Å². The Labute approximate surface area is 218 Å². The van der Waals surface area contributed by atoms with Crippen molar-refractivity contribution in [1.82, 2.24) is 9.88 Å². The minimum atomic E-state index is 0.514. The number of aromatic nitrogens is 1. The lowest BCUT2D eigenvalue weighted by Crippen LogP contribution is -2.45. The second-order valence-corrected chi connectivity index (χ2v) is 10.4. The van der Waals surface area contributed by atoms with Crippen LogP contribution in [0.15, 0.2) is 78.9 Å². The normalized spacial score (nSPS) is 14.7. The van der Waals surface area contributed by atoms with E-state index in [0.29, 0.717) is 6.04 Å². The van der Waals surface area contributed by atoms with Gasteiger partial charge in [0, 0.05) is 25.7 Å². The molecule has 3 aromatic carbocycles. The number of likely N-dealkylation sites (tertiary alicyclic amines) is 1. The van der Waals surface area contributed by atoms with Crippen molar-refractivity contribution in [3.05, 3.63) is 84.4 Å². The summed E-state index contributed by atoms with van der Waals surface area (Å²) in [5, 5.41) is 1.15. The number of hydrogen-bond acceptors (Lipinski definition) is 6. The van der Waals surface area contributed by atoms with Crippen LogP contribution in [-0.2, 0) is 6.54 Å². The molecular formula is C30H35N3O2S. The molecule has 0 radical (unpaired) electrons. The van der Waals surface area contributed by atoms with Gasteiger partial charge in [-0.3, -0.25) is 0 Å². The van der Waals surface area contributed by atoms with Crippen molar-refractivity contribution in [2.75, 3.05) is 38.3 Å². The molecule has 0 atom stereocenters. The molecule has 0 saturated carbocycles. The highest BCUT2D eigenvalue weighted by Gasteiger charge is 2.27. The van der Waals surface area contributed by atoms with Gasteiger partial charge in [0.15, 0.2) is 5.13 Å². The zero-order valence-corrected chi connectivity index (χ0v) is 21.8. The van der Waals surface area contributed by atoms with Gasteiger partial charge in [0.1, 0.15) is 11.5 Å². The fourth-order valence-corrected chi connectivity index (χ4v) is 5.91. The summed E-state index contributed by atoms with van der Waals surface area (Å²) in [5.74, 6) is 1.76. The molecule has 4 aromatic rings. The fourth-order valence-electron chi connectivity index (χ4n) is 4.87. The minimum Gasteiger partial charge on any atom is -0.497 e. The Morgan fingerprint density at radius 2 is 1.61 bits per heavy atom. The molecule has 0 N–H and O–H groups in total. The number of thiazole rings is 1. The largest absolute Gasteiger partial charge is 0.497 e. The summed E-state index contributed by atoms with van der Waals surface area (Å²) in [6, 6.07) is 27.6. The molecule has 1 aliphatic heterocycles. The highest BCUT2D eigenvalue weighted by atomic mass is 32.1. The summed E-state index contributed by atoms with van der Waals surface area (Å²) in [7, 11) is 1.68. The predicted octanol–water partition coefficient (Wildman–Crippen LogP) is 6.64. The number of benzene rings is 3. The van der Waals surface area contributed by atoms with Crippen LogP contribution in [0.5, 0.6) is 11.5 Å². The number of rotatable bonds is 11. The maximum Gasteiger partial charge on any atom is 0.186 e. The van der Waals surface area contributed by atoms with Crippen LogP contribution >= 0.6 is 11.3 Å². The van der Waals surface area contributed by atoms with Crippen LogP contribution in [0.1, 0.15) is 31.2 Å². The van der Waals surface area contributed by atoms with E-state index in [-0.39, 0.29) is 0 Å². The number of hydrogen-bond donors (Lipinski definition) is 0. The molecule has 0 bridgehead atoms. The molecule has 1 saturated heterocycles. The molecule has 0 aliphatic carbocycles. The lowest BCUT2D eigenvalue weighted by atomic mass is 10.0. The third kappa shape index (κ3) is 6.37. The van der Waals surface area contributed by atoms with Crippen molar-refractivity contribution in [1.29, 1.82) is 0 Å². The van der Waals surface area contributed by atoms with E-state index >= 15 is 0 Å². The first-order valence-electron chi connectivity index (χ1n) is 12.9. The summed E-state index contributed by atoms with van der Waals surface area (Å²) >= 11 is 1.82. The van der Waals surface area contributed by atoms with Crippen molar-refractivity contribution >= 4 is 26.7 Å². The maximum absolute atomic E-state index is 5.89. The van der Waals surface area contributed by atoms with E-state index in [4.69, 9.17) is 14.5 Å². The third-order valence-electron chi connectivity index (χ3n) is 6.92. The van der Waals surface area contributed by atoms with Crippen molar-refractivity contribution in [2.45, 2.75) is 38.3 Å². The maximum atomic E-state index is 5.89. The Morgan fingerprint density at radius 3 is 2.36 bits per heavy atom. The van der Waals surface area contributed by atoms with Gasteiger partial charge in [0.25, 0.3) is 0 Å². The monoisotopic (exact) mass is 501 g/mol. The molecule has 0 spiro atoms. The van der Waals surface area contributed by atoms with Crippen LogP contribution in [0.3, 0.4) is 0 Å². The average Bonchev–Trinajstić information content (AvgIpc) is 3.37. The molecule has 1 fully saturated rings. The molecule has 2 heterocycles. The number of unbranched alkanes of at least 4 members (excludes halogenated alkanes) is 1. The Bertz CT molecular complexity index is 1170. The highest BCUT2D eigenvalue weighted by Crippen LogP contribution is 2.33. The molecule has 0 unspecified atom stereocenters. The van der Waals surface area contributed by atoms with Gasteiger partial charge in [0.2, 0.25) is 0 Å². The second kappa shape index (κ2) is 12.2. The summed E-state index contributed by atoms with van der Waals surface area (Å²) in [5.41, 5.74) is 2.45. The van der Waals surface area contributed by atoms with Gasteiger partial charge in [-0.1, -0.05) is 53.8 Å². The molecule has 1 aromatic heterocycles. The van der Waals surface area contributed by atoms with E-state index in [2.05, 4.69) is 64.4 Å². The summed E-state index contributed by atoms with van der Waals surface area (Å²) in [6.07, 6.45) is 4.57. The van der Waals surface area contributed by atoms with Crippen molar-refractivity contribution < 1.29 is 9.47 Å². The second-order valence-electron chi connectivity index (χ2n) is 9.38. The van der Waals surface area contributed by atoms with E-state index in [1.54, 1.807) is 7.11 Å². The standard InChI is InChI=1S/C30H35N3O2S/c1-34-26-13-15-27(16-14-26)35-22-8-7-19-32-20-17-25(18-21-32)33(23-24-9-3-2-4-10-24)30-31-28-11-5-6-12-29(28)36-30/h2-6,9-16,25H,7-8,17-23H2,1H3. The number of anilines is 1. The van der Waals surface area contributed by atoms with Crippen LogP contribution in [0.4, 0.5) is 5.13 Å². The Morgan fingerprint density at radius 1 is 0.889 bits per heavy atom. The van der Waals surface area contributed by atoms with Crippen molar-refractivity contribution in [3.63, 3.8) is 0 Å². The molecular weight excluding hydrogens is 466 g/mol. The van der Waals surface area contributed by atoms with Crippen LogP contribution in [0, 0.1) is 0 Å². The number of piperidine rings is 1. The van der Waals surface area contributed by atoms with Crippen molar-refractivity contribution in [2.24, 2.45) is 0 Å². The number of fused-ring (bicyclic) bond motifs is 1. The molecule has 36 heavy (non-hydrogen) atoms. The smallest absolute Gasteiger partial charge is 0.186 e. The minimum absolute atomic E-state index is 0.514. The first-order valence-corrected chi connectivity index (χ1v) is 13.8. The quantitative estimate of drug-likeness (QED) is 0.216. The first-order chi connectivity index (χ1) is 17.8. The summed E-state index contributed by atoms with van der Waals surface area (Å²) in [4.78, 5) is 10.2. The van der Waals surface area contributed by atoms with Gasteiger partial charge in [-0.05, 0) is 74.2 Å². The lowest BCUT2D eigenvalue weighted by Gasteiger charge is -2.38. The Hall–Kier alpha value is -3.09. The van der Waals surface area contributed by atoms with E-state index in [0.717, 1.165) is 67.8 Å². The van der Waals surface area contributed by atoms with E-state index in [1.807, 2.05) is 35.6 Å². The highest BCUT2D eigenvalue weighted by molar-refractivity contribution is 7.22. The van der Waals surface area contributed by atoms with Crippen LogP contribution in [0.2, 0.25) is 0 Å². The average molecular weight is 502 g/mol. The van der Waals surface area contributed by atoms with Gasteiger partial charge < -0.3 is 19.3 Å². The SMILES string of the molecule is COc1ccc(OCCCCN2CCC(N(Cc3ccccc3)c3nc4ccccc4s3)CC2)cc1. The molecule has 6 heteroatoms. The topological polar surface area (TPSA) is 37.8 Å². The summed E-state index contributed by atoms with van der Waals surface area (Å²) in [6.45, 7) is 5.08. The van der Waals surface area contributed by atoms with Gasteiger partial charge >= 0.3 is 0 Å². The van der Waals surface area contributed by atoms with Crippen LogP contribution < -0.4 is 14.4 Å². The molecule has 5 nitrogen and oxygen atoms in total. The van der Waals surface area contributed by atoms with Gasteiger partial charge in [-0.2, -0.15) is 0 Å². The van der Waals surface area contributed by atoms with Crippen molar-refractivity contribution in [3.8, 4) is 11.5 Å². The predicted molar refractivity (Wildman–Crippen MR) is 149 cm³/mol. The molecule has 5 rings (SSSR count). The van der Waals surface area contributed by atoms with E-state index in [1.165, 1.54) is 23.1 Å². The third-order valence-corrected chi connectivity index (χ3v) is 7.99. The molecule has 188 valence electrons. The zero-order valence-electron chi connectivity index (χ0n) is 21.0. The number of nitrogens with zero attached hydrogens (tertiary/aromatic N) is 3. The molecule has 1 aliphatic rings. The van der Waals surface area contributed by atoms with Crippen LogP contribution in [-0.4, -0.2) is 49.3 Å². The zero-order chi connectivity index (χ0) is 24.6. The van der Waals surface area contributed by atoms with Gasteiger partial charge in [0.05, 0.1) is 23.9 Å². The molecule has 0 amide bonds. The van der Waals surface area contributed by atoms with E-state index in [9.17, 15) is 0 Å². The van der Waals surface area contributed by atoms with E-state index < -0.39 is 0 Å². The van der Waals surface area contributed by atoms with Crippen LogP contribution in [0.25, 0.3) is 10.2 Å². The Kier molecular flexibility index (Phi) is 8.36. The Balaban J connectivity index is 1.12. The number of ether oxygens (including phenoxy) is 2. The number of para-hydroxylation sites is 1. The number of methoxy groups -OCH3 is 1. The fraction of sp³-hybridized carbons (Fsp3) is 0.367. The first kappa shape index (κ1) is 24.6. The lowest BCUT2D eigenvalue weighted by molar-refractivity contribution is 0.199.